The molecule has 4 rings (SSSR count). The van der Waals surface area contributed by atoms with E-state index in [1.807, 2.05) is 13.8 Å². The van der Waals surface area contributed by atoms with Gasteiger partial charge in [-0.05, 0) is 44.2 Å². The van der Waals surface area contributed by atoms with Crippen LogP contribution in [0.25, 0.3) is 0 Å². The highest BCUT2D eigenvalue weighted by Crippen LogP contribution is 2.32. The van der Waals surface area contributed by atoms with E-state index in [0.717, 1.165) is 15.5 Å². The van der Waals surface area contributed by atoms with E-state index in [1.54, 1.807) is 48.5 Å². The van der Waals surface area contributed by atoms with Crippen LogP contribution < -0.4 is 20.3 Å². The summed E-state index contributed by atoms with van der Waals surface area (Å²) in [5.41, 5.74) is 1.89. The molecule has 2 N–H and O–H groups in total. The van der Waals surface area contributed by atoms with E-state index in [0.29, 0.717) is 27.8 Å². The Kier molecular flexibility index (Phi) is 6.17. The van der Waals surface area contributed by atoms with Crippen molar-refractivity contribution in [1.82, 2.24) is 4.98 Å². The van der Waals surface area contributed by atoms with Crippen molar-refractivity contribution in [2.45, 2.75) is 13.8 Å². The van der Waals surface area contributed by atoms with E-state index in [-0.39, 0.29) is 16.6 Å². The number of amides is 3. The van der Waals surface area contributed by atoms with Gasteiger partial charge in [0.25, 0.3) is 17.7 Å². The predicted octanol–water partition coefficient (Wildman–Crippen LogP) is 4.46. The number of carbonyl (C=O) groups excluding carboxylic acids is 3. The molecule has 168 valence electrons. The number of aryl methyl sites for hydroxylation is 2. The van der Waals surface area contributed by atoms with E-state index in [4.69, 9.17) is 16.3 Å². The number of nitrogens with one attached hydrogen (secondary N) is 2. The van der Waals surface area contributed by atoms with Crippen molar-refractivity contribution in [1.29, 1.82) is 0 Å². The maximum Gasteiger partial charge on any atom is 0.283 e. The SMILES string of the molecule is COc1cccc(N2C(=O)C(Cl)=C(Nc3cccc(C(=O)Nc4nc(C)c(C)s4)c3)C2=O)c1. The zero-order chi connectivity index (χ0) is 23.7. The molecular weight excluding hydrogens is 464 g/mol. The normalized spacial score (nSPS) is 13.5. The number of methoxy groups -OCH3 is 1. The molecule has 0 fully saturated rings. The summed E-state index contributed by atoms with van der Waals surface area (Å²) in [6.07, 6.45) is 0. The standard InChI is InChI=1S/C23H19ClN4O4S/c1-12-13(2)33-23(25-12)27-20(29)14-6-4-7-15(10-14)26-19-18(24)21(30)28(22(19)31)16-8-5-9-17(11-16)32-3/h4-11,26H,1-3H3,(H,25,27,29). The first kappa shape index (κ1) is 22.5. The van der Waals surface area contributed by atoms with Crippen LogP contribution in [-0.4, -0.2) is 29.8 Å². The third-order valence-corrected chi connectivity index (χ3v) is 6.32. The number of hydrogen-bond donors (Lipinski definition) is 2. The quantitative estimate of drug-likeness (QED) is 0.503. The first-order chi connectivity index (χ1) is 15.8. The van der Waals surface area contributed by atoms with Gasteiger partial charge in [0.05, 0.1) is 18.5 Å². The van der Waals surface area contributed by atoms with E-state index in [9.17, 15) is 14.4 Å². The summed E-state index contributed by atoms with van der Waals surface area (Å²) in [5.74, 6) is -1.11. The van der Waals surface area contributed by atoms with Gasteiger partial charge in [0, 0.05) is 22.2 Å². The molecule has 1 aliphatic heterocycles. The van der Waals surface area contributed by atoms with Crippen LogP contribution in [0.2, 0.25) is 0 Å². The molecule has 0 unspecified atom stereocenters. The van der Waals surface area contributed by atoms with Gasteiger partial charge >= 0.3 is 0 Å². The third-order valence-electron chi connectivity index (χ3n) is 4.98. The fourth-order valence-corrected chi connectivity index (χ4v) is 4.20. The molecule has 0 bridgehead atoms. The van der Waals surface area contributed by atoms with Gasteiger partial charge in [-0.3, -0.25) is 19.7 Å². The molecular formula is C23H19ClN4O4S. The van der Waals surface area contributed by atoms with Crippen LogP contribution in [0.4, 0.5) is 16.5 Å². The number of anilines is 3. The Morgan fingerprint density at radius 1 is 1.09 bits per heavy atom. The largest absolute Gasteiger partial charge is 0.497 e. The molecule has 33 heavy (non-hydrogen) atoms. The maximum absolute atomic E-state index is 13.0. The van der Waals surface area contributed by atoms with Crippen LogP contribution in [0, 0.1) is 13.8 Å². The zero-order valence-electron chi connectivity index (χ0n) is 17.9. The summed E-state index contributed by atoms with van der Waals surface area (Å²) >= 11 is 7.60. The Morgan fingerprint density at radius 3 is 2.55 bits per heavy atom. The van der Waals surface area contributed by atoms with E-state index in [1.165, 1.54) is 18.4 Å². The smallest absolute Gasteiger partial charge is 0.283 e. The van der Waals surface area contributed by atoms with Crippen LogP contribution in [0.5, 0.6) is 5.75 Å². The molecule has 1 aliphatic rings. The molecule has 10 heteroatoms. The first-order valence-corrected chi connectivity index (χ1v) is 11.0. The molecule has 2 aromatic carbocycles. The van der Waals surface area contributed by atoms with Crippen molar-refractivity contribution in [3.05, 3.63) is 75.4 Å². The Hall–Kier alpha value is -3.69. The van der Waals surface area contributed by atoms with Crippen LogP contribution in [0.3, 0.4) is 0 Å². The number of halogens is 1. The second-order valence-electron chi connectivity index (χ2n) is 7.16. The Balaban J connectivity index is 1.54. The Labute approximate surface area is 198 Å². The average Bonchev–Trinajstić information content (AvgIpc) is 3.23. The lowest BCUT2D eigenvalue weighted by Crippen LogP contribution is -2.32. The fraction of sp³-hybridized carbons (Fsp3) is 0.130. The number of aromatic nitrogens is 1. The Morgan fingerprint density at radius 2 is 1.85 bits per heavy atom. The molecule has 0 aliphatic carbocycles. The molecule has 0 atom stereocenters. The third kappa shape index (κ3) is 4.46. The van der Waals surface area contributed by atoms with Crippen molar-refractivity contribution in [2.24, 2.45) is 0 Å². The fourth-order valence-electron chi connectivity index (χ4n) is 3.17. The molecule has 3 aromatic rings. The summed E-state index contributed by atoms with van der Waals surface area (Å²) in [6.45, 7) is 3.80. The summed E-state index contributed by atoms with van der Waals surface area (Å²) in [5, 5.41) is 5.91. The van der Waals surface area contributed by atoms with E-state index < -0.39 is 11.8 Å². The van der Waals surface area contributed by atoms with Crippen LogP contribution >= 0.6 is 22.9 Å². The molecule has 8 nitrogen and oxygen atoms in total. The highest BCUT2D eigenvalue weighted by Gasteiger charge is 2.39. The number of benzene rings is 2. The van der Waals surface area contributed by atoms with Crippen molar-refractivity contribution in [2.75, 3.05) is 22.6 Å². The van der Waals surface area contributed by atoms with Gasteiger partial charge in [0.2, 0.25) is 0 Å². The van der Waals surface area contributed by atoms with E-state index in [2.05, 4.69) is 15.6 Å². The van der Waals surface area contributed by atoms with Crippen molar-refractivity contribution in [3.63, 3.8) is 0 Å². The second kappa shape index (κ2) is 9.05. The summed E-state index contributed by atoms with van der Waals surface area (Å²) < 4.78 is 5.17. The molecule has 0 radical (unpaired) electrons. The lowest BCUT2D eigenvalue weighted by Gasteiger charge is -2.16. The second-order valence-corrected chi connectivity index (χ2v) is 8.74. The number of thiazole rings is 1. The molecule has 0 spiro atoms. The maximum atomic E-state index is 13.0. The summed E-state index contributed by atoms with van der Waals surface area (Å²) in [4.78, 5) is 44.6. The average molecular weight is 483 g/mol. The summed E-state index contributed by atoms with van der Waals surface area (Å²) in [6, 6.07) is 13.1. The number of ether oxygens (including phenoxy) is 1. The number of carbonyl (C=O) groups is 3. The number of rotatable bonds is 6. The minimum atomic E-state index is -0.652. The minimum Gasteiger partial charge on any atom is -0.497 e. The monoisotopic (exact) mass is 482 g/mol. The minimum absolute atomic E-state index is 0.0757. The van der Waals surface area contributed by atoms with Crippen LogP contribution in [0.15, 0.2) is 59.3 Å². The zero-order valence-corrected chi connectivity index (χ0v) is 19.5. The highest BCUT2D eigenvalue weighted by atomic mass is 35.5. The van der Waals surface area contributed by atoms with Gasteiger partial charge < -0.3 is 10.1 Å². The van der Waals surface area contributed by atoms with Gasteiger partial charge in [-0.15, -0.1) is 11.3 Å². The summed E-state index contributed by atoms with van der Waals surface area (Å²) in [7, 11) is 1.49. The number of imide groups is 1. The molecule has 0 saturated carbocycles. The molecule has 1 aromatic heterocycles. The Bertz CT molecular complexity index is 1300. The van der Waals surface area contributed by atoms with Gasteiger partial charge in [0.15, 0.2) is 5.13 Å². The number of hydrogen-bond acceptors (Lipinski definition) is 7. The van der Waals surface area contributed by atoms with Gasteiger partial charge in [-0.1, -0.05) is 23.7 Å². The van der Waals surface area contributed by atoms with Gasteiger partial charge in [0.1, 0.15) is 16.5 Å². The van der Waals surface area contributed by atoms with Crippen molar-refractivity contribution >= 4 is 57.2 Å². The van der Waals surface area contributed by atoms with Crippen LogP contribution in [-0.2, 0) is 9.59 Å². The highest BCUT2D eigenvalue weighted by molar-refractivity contribution is 7.15. The lowest BCUT2D eigenvalue weighted by atomic mass is 10.2. The molecule has 0 saturated heterocycles. The molecule has 3 amide bonds. The lowest BCUT2D eigenvalue weighted by molar-refractivity contribution is -0.120. The van der Waals surface area contributed by atoms with E-state index >= 15 is 0 Å². The topological polar surface area (TPSA) is 101 Å². The van der Waals surface area contributed by atoms with Crippen LogP contribution in [0.1, 0.15) is 20.9 Å². The van der Waals surface area contributed by atoms with Crippen molar-refractivity contribution in [3.8, 4) is 5.75 Å². The van der Waals surface area contributed by atoms with Gasteiger partial charge in [-0.25, -0.2) is 9.88 Å². The number of nitrogens with zero attached hydrogens (tertiary/aromatic N) is 2. The predicted molar refractivity (Wildman–Crippen MR) is 128 cm³/mol. The van der Waals surface area contributed by atoms with Crippen molar-refractivity contribution < 1.29 is 19.1 Å². The first-order valence-electron chi connectivity index (χ1n) is 9.83. The molecule has 2 heterocycles. The van der Waals surface area contributed by atoms with Gasteiger partial charge in [-0.2, -0.15) is 0 Å².